The van der Waals surface area contributed by atoms with E-state index in [0.717, 1.165) is 11.1 Å². The van der Waals surface area contributed by atoms with Gasteiger partial charge in [-0.05, 0) is 24.5 Å². The van der Waals surface area contributed by atoms with Crippen LogP contribution in [-0.4, -0.2) is 30.7 Å². The fourth-order valence-electron chi connectivity index (χ4n) is 3.31. The molecule has 0 radical (unpaired) electrons. The monoisotopic (exact) mass is 342 g/mol. The maximum Gasteiger partial charge on any atom is 0.224 e. The lowest BCUT2D eigenvalue weighted by Gasteiger charge is -2.43. The number of hydrogen-bond donors (Lipinski definition) is 0. The molecule has 0 amide bonds. The Balaban J connectivity index is 2.30. The zero-order valence-corrected chi connectivity index (χ0v) is 15.0. The Bertz CT molecular complexity index is 847. The van der Waals surface area contributed by atoms with Crippen molar-refractivity contribution < 1.29 is 8.42 Å². The average Bonchev–Trinajstić information content (AvgIpc) is 2.62. The molecule has 2 unspecified atom stereocenters. The normalized spacial score (nSPS) is 26.8. The van der Waals surface area contributed by atoms with Crippen LogP contribution in [0.3, 0.4) is 0 Å². The second kappa shape index (κ2) is 6.15. The summed E-state index contributed by atoms with van der Waals surface area (Å²) in [6, 6.07) is 19.2. The number of benzene rings is 2. The van der Waals surface area contributed by atoms with E-state index >= 15 is 0 Å². The Labute approximate surface area is 143 Å². The maximum absolute atomic E-state index is 13.1. The zero-order chi connectivity index (χ0) is 17.4. The van der Waals surface area contributed by atoms with E-state index in [1.165, 1.54) is 4.31 Å². The second-order valence-corrected chi connectivity index (χ2v) is 8.34. The van der Waals surface area contributed by atoms with Crippen LogP contribution >= 0.6 is 0 Å². The number of hydrogen-bond acceptors (Lipinski definition) is 3. The first kappa shape index (κ1) is 16.9. The van der Waals surface area contributed by atoms with Crippen molar-refractivity contribution in [2.75, 3.05) is 7.05 Å². The summed E-state index contributed by atoms with van der Waals surface area (Å²) in [6.07, 6.45) is 0.565. The quantitative estimate of drug-likeness (QED) is 0.858. The Kier molecular flexibility index (Phi) is 4.32. The highest BCUT2D eigenvalue weighted by molar-refractivity contribution is 7.90. The predicted molar refractivity (Wildman–Crippen MR) is 97.5 cm³/mol. The molecule has 0 saturated carbocycles. The summed E-state index contributed by atoms with van der Waals surface area (Å²) in [4.78, 5) is 4.99. The lowest BCUT2D eigenvalue weighted by Crippen LogP contribution is -2.55. The molecule has 0 spiro atoms. The van der Waals surface area contributed by atoms with Crippen LogP contribution in [0.1, 0.15) is 31.4 Å². The van der Waals surface area contributed by atoms with Gasteiger partial charge >= 0.3 is 0 Å². The Morgan fingerprint density at radius 1 is 1.04 bits per heavy atom. The summed E-state index contributed by atoms with van der Waals surface area (Å²) < 4.78 is 27.6. The second-order valence-electron chi connectivity index (χ2n) is 6.05. The van der Waals surface area contributed by atoms with Crippen LogP contribution in [-0.2, 0) is 15.7 Å². The molecule has 3 rings (SSSR count). The largest absolute Gasteiger partial charge is 0.259 e. The Morgan fingerprint density at radius 3 is 2.12 bits per heavy atom. The molecule has 126 valence electrons. The van der Waals surface area contributed by atoms with Gasteiger partial charge in [-0.2, -0.15) is 4.31 Å². The van der Waals surface area contributed by atoms with E-state index in [9.17, 15) is 8.42 Å². The predicted octanol–water partition coefficient (Wildman–Crippen LogP) is 3.40. The van der Waals surface area contributed by atoms with Crippen LogP contribution in [0.25, 0.3) is 0 Å². The van der Waals surface area contributed by atoms with E-state index in [0.29, 0.717) is 12.1 Å². The van der Waals surface area contributed by atoms with E-state index in [1.807, 2.05) is 67.6 Å². The highest BCUT2D eigenvalue weighted by Crippen LogP contribution is 2.40. The van der Waals surface area contributed by atoms with Gasteiger partial charge in [-0.15, -0.1) is 0 Å². The van der Waals surface area contributed by atoms with Crippen molar-refractivity contribution in [1.82, 2.24) is 4.31 Å². The molecule has 2 atom stereocenters. The van der Waals surface area contributed by atoms with Crippen LogP contribution < -0.4 is 0 Å². The first-order valence-electron chi connectivity index (χ1n) is 8.12. The smallest absolute Gasteiger partial charge is 0.224 e. The summed E-state index contributed by atoms with van der Waals surface area (Å²) in [6.45, 7) is 3.68. The van der Waals surface area contributed by atoms with Gasteiger partial charge in [0.2, 0.25) is 10.0 Å². The topological polar surface area (TPSA) is 49.7 Å². The fourth-order valence-corrected chi connectivity index (χ4v) is 4.96. The van der Waals surface area contributed by atoms with E-state index < -0.39 is 20.9 Å². The Morgan fingerprint density at radius 2 is 1.58 bits per heavy atom. The summed E-state index contributed by atoms with van der Waals surface area (Å²) in [5, 5.41) is -0.673. The number of sulfonamides is 1. The third-order valence-corrected chi connectivity index (χ3v) is 7.02. The molecular weight excluding hydrogens is 320 g/mol. The maximum atomic E-state index is 13.1. The number of rotatable bonds is 3. The fraction of sp³-hybridized carbons (Fsp3) is 0.316. The van der Waals surface area contributed by atoms with Crippen molar-refractivity contribution in [3.8, 4) is 0 Å². The van der Waals surface area contributed by atoms with Crippen molar-refractivity contribution >= 4 is 15.7 Å². The van der Waals surface area contributed by atoms with Crippen LogP contribution in [0.4, 0.5) is 0 Å². The molecule has 5 heteroatoms. The minimum absolute atomic E-state index is 0.565. The van der Waals surface area contributed by atoms with Gasteiger partial charge in [-0.25, -0.2) is 8.42 Å². The molecule has 1 aliphatic heterocycles. The molecule has 1 aliphatic rings. The first-order valence-corrected chi connectivity index (χ1v) is 9.62. The minimum Gasteiger partial charge on any atom is -0.259 e. The van der Waals surface area contributed by atoms with Crippen molar-refractivity contribution in [2.24, 2.45) is 4.99 Å². The zero-order valence-electron chi connectivity index (χ0n) is 14.2. The summed E-state index contributed by atoms with van der Waals surface area (Å²) in [5.74, 6) is 0. The minimum atomic E-state index is -3.50. The van der Waals surface area contributed by atoms with Crippen molar-refractivity contribution in [1.29, 1.82) is 0 Å². The molecule has 24 heavy (non-hydrogen) atoms. The summed E-state index contributed by atoms with van der Waals surface area (Å²) in [7, 11) is -1.87. The van der Waals surface area contributed by atoms with Gasteiger partial charge in [0.1, 0.15) is 5.25 Å². The van der Waals surface area contributed by atoms with E-state index in [1.54, 1.807) is 14.0 Å². The molecule has 0 aromatic heterocycles. The van der Waals surface area contributed by atoms with Gasteiger partial charge in [0.25, 0.3) is 0 Å². The molecule has 4 nitrogen and oxygen atoms in total. The molecular formula is C19H22N2O2S. The van der Waals surface area contributed by atoms with Gasteiger partial charge in [0, 0.05) is 7.05 Å². The van der Waals surface area contributed by atoms with Gasteiger partial charge in [0.15, 0.2) is 5.66 Å². The van der Waals surface area contributed by atoms with Gasteiger partial charge in [-0.3, -0.25) is 4.99 Å². The van der Waals surface area contributed by atoms with Gasteiger partial charge < -0.3 is 0 Å². The van der Waals surface area contributed by atoms with Crippen LogP contribution in [0.5, 0.6) is 0 Å². The first-order chi connectivity index (χ1) is 11.4. The molecule has 0 fully saturated rings. The standard InChI is InChI=1S/C19H22N2O2S/c1-4-19(17-13-9-6-10-14-17)20-18(16-11-7-5-8-12-16)15(2)24(22,23)21(19)3/h5-15H,4H2,1-3H3. The van der Waals surface area contributed by atoms with E-state index in [2.05, 4.69) is 0 Å². The lowest BCUT2D eigenvalue weighted by atomic mass is 9.95. The lowest BCUT2D eigenvalue weighted by molar-refractivity contribution is 0.214. The van der Waals surface area contributed by atoms with Gasteiger partial charge in [-0.1, -0.05) is 67.6 Å². The van der Waals surface area contributed by atoms with Crippen molar-refractivity contribution in [2.45, 2.75) is 31.2 Å². The molecule has 0 N–H and O–H groups in total. The molecule has 0 bridgehead atoms. The molecule has 2 aromatic carbocycles. The molecule has 0 saturated heterocycles. The van der Waals surface area contributed by atoms with Crippen LogP contribution in [0.15, 0.2) is 65.7 Å². The van der Waals surface area contributed by atoms with Crippen LogP contribution in [0.2, 0.25) is 0 Å². The summed E-state index contributed by atoms with van der Waals surface area (Å²) >= 11 is 0. The van der Waals surface area contributed by atoms with Crippen molar-refractivity contribution in [3.63, 3.8) is 0 Å². The van der Waals surface area contributed by atoms with E-state index in [-0.39, 0.29) is 0 Å². The summed E-state index contributed by atoms with van der Waals surface area (Å²) in [5.41, 5.74) is 1.46. The molecule has 1 heterocycles. The van der Waals surface area contributed by atoms with E-state index in [4.69, 9.17) is 4.99 Å². The number of aliphatic imine (C=N–C) groups is 1. The third kappa shape index (κ3) is 2.48. The Hall–Kier alpha value is -1.98. The van der Waals surface area contributed by atoms with Crippen molar-refractivity contribution in [3.05, 3.63) is 71.8 Å². The SMILES string of the molecule is CCC1(c2ccccc2)N=C(c2ccccc2)C(C)S(=O)(=O)N1C. The van der Waals surface area contributed by atoms with Crippen LogP contribution in [0, 0.1) is 0 Å². The molecule has 0 aliphatic carbocycles. The molecule has 2 aromatic rings. The van der Waals surface area contributed by atoms with Gasteiger partial charge in [0.05, 0.1) is 5.71 Å². The highest BCUT2D eigenvalue weighted by atomic mass is 32.2. The highest BCUT2D eigenvalue weighted by Gasteiger charge is 2.48. The number of nitrogens with zero attached hydrogens (tertiary/aromatic N) is 2. The average molecular weight is 342 g/mol. The third-order valence-electron chi connectivity index (χ3n) is 4.84.